The number of benzene rings is 1. The van der Waals surface area contributed by atoms with Crippen LogP contribution in [-0.4, -0.2) is 0 Å². The van der Waals surface area contributed by atoms with Gasteiger partial charge in [0.25, 0.3) is 0 Å². The molecule has 0 spiro atoms. The van der Waals surface area contributed by atoms with Gasteiger partial charge in [-0.3, -0.25) is 0 Å². The van der Waals surface area contributed by atoms with E-state index in [-0.39, 0.29) is 5.92 Å². The molecule has 1 aromatic rings. The first-order valence-electron chi connectivity index (χ1n) is 15.2. The molecule has 0 radical (unpaired) electrons. The molecular weight excluding hydrogens is 434 g/mol. The van der Waals surface area contributed by atoms with E-state index in [1.165, 1.54) is 77.0 Å². The summed E-state index contributed by atoms with van der Waals surface area (Å²) in [6, 6.07) is 3.75. The third-order valence-corrected chi connectivity index (χ3v) is 10.2. The summed E-state index contributed by atoms with van der Waals surface area (Å²) in [4.78, 5) is 0. The molecule has 0 N–H and O–H groups in total. The van der Waals surface area contributed by atoms with Crippen molar-refractivity contribution in [2.45, 2.75) is 128 Å². The predicted molar refractivity (Wildman–Crippen MR) is 145 cm³/mol. The average Bonchev–Trinajstić information content (AvgIpc) is 2.91. The highest BCUT2D eigenvalue weighted by atomic mass is 19.2. The summed E-state index contributed by atoms with van der Waals surface area (Å²) in [7, 11) is 0. The zero-order chi connectivity index (χ0) is 24.6. The highest BCUT2D eigenvalue weighted by molar-refractivity contribution is 5.29. The zero-order valence-corrected chi connectivity index (χ0v) is 22.4. The van der Waals surface area contributed by atoms with Crippen molar-refractivity contribution in [1.29, 1.82) is 0 Å². The molecule has 0 nitrogen and oxygen atoms in total. The number of rotatable bonds is 10. The molecule has 2 heteroatoms. The van der Waals surface area contributed by atoms with Gasteiger partial charge in [-0.05, 0) is 124 Å². The highest BCUT2D eigenvalue weighted by Crippen LogP contribution is 2.44. The Morgan fingerprint density at radius 1 is 0.743 bits per heavy atom. The van der Waals surface area contributed by atoms with Gasteiger partial charge < -0.3 is 0 Å². The number of halogens is 2. The number of hydrogen-bond acceptors (Lipinski definition) is 0. The van der Waals surface area contributed by atoms with Crippen LogP contribution in [0, 0.1) is 41.2 Å². The van der Waals surface area contributed by atoms with Crippen LogP contribution in [0.1, 0.15) is 133 Å². The van der Waals surface area contributed by atoms with Crippen molar-refractivity contribution < 1.29 is 8.78 Å². The van der Waals surface area contributed by atoms with Gasteiger partial charge in [-0.2, -0.15) is 0 Å². The standard InChI is InChI=1S/C33H50F2/c1-3-5-6-7-30-22-23-31(33(35)32(30)34)29-20-14-26(15-21-29)9-8-25-12-18-28(19-13-25)27-16-10-24(4-2)11-17-27/h4,22-29H,2-3,5-21H2,1H3. The molecule has 3 aliphatic carbocycles. The van der Waals surface area contributed by atoms with Crippen LogP contribution in [0.2, 0.25) is 0 Å². The maximum absolute atomic E-state index is 14.9. The minimum Gasteiger partial charge on any atom is -0.203 e. The van der Waals surface area contributed by atoms with Crippen molar-refractivity contribution in [3.8, 4) is 0 Å². The van der Waals surface area contributed by atoms with Crippen molar-refractivity contribution in [3.63, 3.8) is 0 Å². The van der Waals surface area contributed by atoms with E-state index in [0.29, 0.717) is 17.5 Å². The van der Waals surface area contributed by atoms with Crippen LogP contribution in [0.3, 0.4) is 0 Å². The van der Waals surface area contributed by atoms with Gasteiger partial charge in [0.2, 0.25) is 0 Å². The Labute approximate surface area is 214 Å². The molecule has 3 fully saturated rings. The topological polar surface area (TPSA) is 0 Å². The van der Waals surface area contributed by atoms with E-state index in [1.807, 2.05) is 12.1 Å². The van der Waals surface area contributed by atoms with Crippen LogP contribution < -0.4 is 0 Å². The van der Waals surface area contributed by atoms with Crippen molar-refractivity contribution in [3.05, 3.63) is 47.5 Å². The fraction of sp³-hybridized carbons (Fsp3) is 0.758. The van der Waals surface area contributed by atoms with Crippen molar-refractivity contribution in [2.75, 3.05) is 0 Å². The molecule has 0 bridgehead atoms. The molecular formula is C33H50F2. The van der Waals surface area contributed by atoms with Crippen LogP contribution in [0.5, 0.6) is 0 Å². The molecule has 35 heavy (non-hydrogen) atoms. The minimum absolute atomic E-state index is 0.206. The molecule has 0 heterocycles. The van der Waals surface area contributed by atoms with Gasteiger partial charge in [-0.25, -0.2) is 8.78 Å². The van der Waals surface area contributed by atoms with Crippen LogP contribution in [0.25, 0.3) is 0 Å². The van der Waals surface area contributed by atoms with Crippen LogP contribution >= 0.6 is 0 Å². The first-order valence-corrected chi connectivity index (χ1v) is 15.2. The molecule has 4 rings (SSSR count). The first kappa shape index (κ1) is 26.9. The monoisotopic (exact) mass is 484 g/mol. The van der Waals surface area contributed by atoms with E-state index < -0.39 is 11.6 Å². The van der Waals surface area contributed by atoms with Gasteiger partial charge >= 0.3 is 0 Å². The van der Waals surface area contributed by atoms with Gasteiger partial charge in [-0.15, -0.1) is 6.58 Å². The quantitative estimate of drug-likeness (QED) is 0.229. The lowest BCUT2D eigenvalue weighted by Crippen LogP contribution is -2.25. The lowest BCUT2D eigenvalue weighted by molar-refractivity contribution is 0.147. The summed E-state index contributed by atoms with van der Waals surface area (Å²) >= 11 is 0. The molecule has 0 aromatic heterocycles. The maximum Gasteiger partial charge on any atom is 0.162 e. The number of hydrogen-bond donors (Lipinski definition) is 0. The summed E-state index contributed by atoms with van der Waals surface area (Å²) in [5.41, 5.74) is 1.20. The van der Waals surface area contributed by atoms with Crippen molar-refractivity contribution in [2.24, 2.45) is 29.6 Å². The van der Waals surface area contributed by atoms with Gasteiger partial charge in [-0.1, -0.05) is 63.7 Å². The number of unbranched alkanes of at least 4 members (excludes halogenated alkanes) is 2. The lowest BCUT2D eigenvalue weighted by Gasteiger charge is -2.38. The lowest BCUT2D eigenvalue weighted by atomic mass is 9.68. The van der Waals surface area contributed by atoms with Gasteiger partial charge in [0.15, 0.2) is 11.6 Å². The molecule has 0 unspecified atom stereocenters. The summed E-state index contributed by atoms with van der Waals surface area (Å²) in [6.45, 7) is 6.14. The fourth-order valence-electron chi connectivity index (χ4n) is 7.71. The Hall–Kier alpha value is -1.18. The van der Waals surface area contributed by atoms with Crippen LogP contribution in [0.15, 0.2) is 24.8 Å². The summed E-state index contributed by atoms with van der Waals surface area (Å²) < 4.78 is 29.5. The largest absolute Gasteiger partial charge is 0.203 e. The Kier molecular flexibility index (Phi) is 10.3. The second-order valence-electron chi connectivity index (χ2n) is 12.4. The summed E-state index contributed by atoms with van der Waals surface area (Å²) in [5.74, 6) is 3.54. The second-order valence-corrected chi connectivity index (χ2v) is 12.4. The second kappa shape index (κ2) is 13.4. The third-order valence-electron chi connectivity index (χ3n) is 10.2. The Morgan fingerprint density at radius 3 is 1.89 bits per heavy atom. The molecule has 0 atom stereocenters. The van der Waals surface area contributed by atoms with Gasteiger partial charge in [0.1, 0.15) is 0 Å². The van der Waals surface area contributed by atoms with E-state index in [1.54, 1.807) is 0 Å². The van der Waals surface area contributed by atoms with Gasteiger partial charge in [0, 0.05) is 0 Å². The molecule has 1 aromatic carbocycles. The Morgan fingerprint density at radius 2 is 1.31 bits per heavy atom. The molecule has 3 aliphatic rings. The van der Waals surface area contributed by atoms with Crippen molar-refractivity contribution >= 4 is 0 Å². The van der Waals surface area contributed by atoms with E-state index in [0.717, 1.165) is 61.7 Å². The Bertz CT molecular complexity index is 775. The minimum atomic E-state index is -0.579. The number of aryl methyl sites for hydroxylation is 1. The molecule has 3 saturated carbocycles. The highest BCUT2D eigenvalue weighted by Gasteiger charge is 2.31. The summed E-state index contributed by atoms with van der Waals surface area (Å²) in [6.07, 6.45) is 24.5. The molecule has 0 amide bonds. The van der Waals surface area contributed by atoms with E-state index in [2.05, 4.69) is 19.6 Å². The Balaban J connectivity index is 1.16. The van der Waals surface area contributed by atoms with E-state index >= 15 is 0 Å². The summed E-state index contributed by atoms with van der Waals surface area (Å²) in [5, 5.41) is 0. The maximum atomic E-state index is 14.9. The molecule has 0 aliphatic heterocycles. The SMILES string of the molecule is C=CC1CCC(C2CCC(CCC3CCC(c4ccc(CCCCC)c(F)c4F)CC3)CC2)CC1. The average molecular weight is 485 g/mol. The first-order chi connectivity index (χ1) is 17.1. The molecule has 196 valence electrons. The number of allylic oxidation sites excluding steroid dienone is 1. The van der Waals surface area contributed by atoms with Gasteiger partial charge in [0.05, 0.1) is 0 Å². The predicted octanol–water partition coefficient (Wildman–Crippen LogP) is 10.6. The van der Waals surface area contributed by atoms with Crippen LogP contribution in [0.4, 0.5) is 8.78 Å². The van der Waals surface area contributed by atoms with E-state index in [9.17, 15) is 8.78 Å². The normalized spacial score (nSPS) is 31.9. The van der Waals surface area contributed by atoms with Crippen molar-refractivity contribution in [1.82, 2.24) is 0 Å². The third kappa shape index (κ3) is 7.20. The van der Waals surface area contributed by atoms with Crippen LogP contribution in [-0.2, 0) is 6.42 Å². The smallest absolute Gasteiger partial charge is 0.162 e. The van der Waals surface area contributed by atoms with E-state index in [4.69, 9.17) is 0 Å². The zero-order valence-electron chi connectivity index (χ0n) is 22.4. The fourth-order valence-corrected chi connectivity index (χ4v) is 7.71. The molecule has 0 saturated heterocycles.